The molecule has 0 bridgehead atoms. The Balaban J connectivity index is 1.65. The molecule has 0 aliphatic heterocycles. The molecule has 33 heavy (non-hydrogen) atoms. The summed E-state index contributed by atoms with van der Waals surface area (Å²) in [5.41, 5.74) is 4.08. The van der Waals surface area contributed by atoms with Crippen molar-refractivity contribution in [2.45, 2.75) is 38.6 Å². The Morgan fingerprint density at radius 3 is 2.36 bits per heavy atom. The van der Waals surface area contributed by atoms with Gasteiger partial charge in [0, 0.05) is 31.8 Å². The molecule has 176 valence electrons. The smallest absolute Gasteiger partial charge is 0.408 e. The molecule has 1 heterocycles. The van der Waals surface area contributed by atoms with Crippen LogP contribution in [0.1, 0.15) is 23.1 Å². The summed E-state index contributed by atoms with van der Waals surface area (Å²) >= 11 is 0. The van der Waals surface area contributed by atoms with E-state index < -0.39 is 15.8 Å². The molecule has 0 unspecified atom stereocenters. The van der Waals surface area contributed by atoms with Gasteiger partial charge in [-0.15, -0.1) is 0 Å². The molecule has 0 saturated heterocycles. The molecule has 2 aromatic carbocycles. The zero-order valence-corrected chi connectivity index (χ0v) is 19.7. The maximum absolute atomic E-state index is 12.5. The Morgan fingerprint density at radius 1 is 1.12 bits per heavy atom. The molecule has 0 aliphatic carbocycles. The van der Waals surface area contributed by atoms with E-state index >= 15 is 0 Å². The number of benzene rings is 2. The van der Waals surface area contributed by atoms with Gasteiger partial charge in [-0.1, -0.05) is 17.7 Å². The fourth-order valence-electron chi connectivity index (χ4n) is 3.69. The molecule has 3 rings (SSSR count). The van der Waals surface area contributed by atoms with Crippen LogP contribution in [0.25, 0.3) is 11.1 Å². The van der Waals surface area contributed by atoms with E-state index in [2.05, 4.69) is 5.32 Å². The van der Waals surface area contributed by atoms with E-state index in [1.54, 1.807) is 0 Å². The number of aryl methyl sites for hydroxylation is 4. The first-order valence-corrected chi connectivity index (χ1v) is 11.7. The lowest BCUT2D eigenvalue weighted by Crippen LogP contribution is -2.35. The summed E-state index contributed by atoms with van der Waals surface area (Å²) in [5, 5.41) is 7.95. The van der Waals surface area contributed by atoms with Crippen LogP contribution >= 0.6 is 0 Å². The lowest BCUT2D eigenvalue weighted by molar-refractivity contribution is -0.133. The van der Waals surface area contributed by atoms with Crippen LogP contribution in [0.3, 0.4) is 0 Å². The SMILES string of the molecule is Cc1cc(C)c(NC(=O)CN(C)C(=O)CCn2c(=O)oc3cc(S(N)(=O)=O)ccc32)c(C)c1. The molecule has 11 heteroatoms. The number of carbonyl (C=O) groups excluding carboxylic acids is 2. The molecule has 0 fully saturated rings. The highest BCUT2D eigenvalue weighted by atomic mass is 32.2. The Morgan fingerprint density at radius 2 is 1.76 bits per heavy atom. The minimum absolute atomic E-state index is 0.00151. The van der Waals surface area contributed by atoms with Gasteiger partial charge in [0.1, 0.15) is 0 Å². The van der Waals surface area contributed by atoms with Crippen molar-refractivity contribution in [3.05, 3.63) is 57.6 Å². The van der Waals surface area contributed by atoms with Crippen LogP contribution in [0.2, 0.25) is 0 Å². The molecule has 0 atom stereocenters. The number of rotatable bonds is 7. The molecular weight excluding hydrogens is 448 g/mol. The predicted molar refractivity (Wildman–Crippen MR) is 123 cm³/mol. The quantitative estimate of drug-likeness (QED) is 0.533. The van der Waals surface area contributed by atoms with Crippen molar-refractivity contribution in [1.29, 1.82) is 0 Å². The van der Waals surface area contributed by atoms with Gasteiger partial charge in [0.15, 0.2) is 5.58 Å². The van der Waals surface area contributed by atoms with E-state index in [-0.39, 0.29) is 41.8 Å². The van der Waals surface area contributed by atoms with Gasteiger partial charge in [-0.05, 0) is 44.0 Å². The third-order valence-electron chi connectivity index (χ3n) is 5.27. The number of carbonyl (C=O) groups is 2. The molecule has 2 amide bonds. The van der Waals surface area contributed by atoms with Crippen LogP contribution in [0.5, 0.6) is 0 Å². The summed E-state index contributed by atoms with van der Waals surface area (Å²) in [5.74, 6) is -1.40. The van der Waals surface area contributed by atoms with E-state index in [1.165, 1.54) is 28.6 Å². The highest BCUT2D eigenvalue weighted by Gasteiger charge is 2.18. The number of oxazole rings is 1. The zero-order chi connectivity index (χ0) is 24.5. The third kappa shape index (κ3) is 5.49. The monoisotopic (exact) mass is 474 g/mol. The van der Waals surface area contributed by atoms with Crippen LogP contribution in [-0.2, 0) is 26.2 Å². The van der Waals surface area contributed by atoms with Crippen molar-refractivity contribution in [2.24, 2.45) is 5.14 Å². The van der Waals surface area contributed by atoms with E-state index in [1.807, 2.05) is 32.9 Å². The number of aromatic nitrogens is 1. The minimum Gasteiger partial charge on any atom is -0.408 e. The minimum atomic E-state index is -3.95. The number of nitrogens with one attached hydrogen (secondary N) is 1. The van der Waals surface area contributed by atoms with Gasteiger partial charge >= 0.3 is 5.76 Å². The molecule has 3 aromatic rings. The van der Waals surface area contributed by atoms with E-state index in [9.17, 15) is 22.8 Å². The lowest BCUT2D eigenvalue weighted by atomic mass is 10.1. The summed E-state index contributed by atoms with van der Waals surface area (Å²) in [6.07, 6.45) is -0.0577. The summed E-state index contributed by atoms with van der Waals surface area (Å²) in [6.45, 7) is 5.64. The zero-order valence-electron chi connectivity index (χ0n) is 18.8. The largest absolute Gasteiger partial charge is 0.419 e. The first-order chi connectivity index (χ1) is 15.4. The molecule has 3 N–H and O–H groups in total. The first kappa shape index (κ1) is 24.2. The first-order valence-electron chi connectivity index (χ1n) is 10.1. The number of nitrogens with zero attached hydrogens (tertiary/aromatic N) is 2. The van der Waals surface area contributed by atoms with Crippen molar-refractivity contribution < 1.29 is 22.4 Å². The highest BCUT2D eigenvalue weighted by molar-refractivity contribution is 7.89. The van der Waals surface area contributed by atoms with Gasteiger partial charge in [0.2, 0.25) is 21.8 Å². The number of anilines is 1. The van der Waals surface area contributed by atoms with Gasteiger partial charge in [-0.2, -0.15) is 0 Å². The van der Waals surface area contributed by atoms with Gasteiger partial charge in [0.05, 0.1) is 17.0 Å². The Kier molecular flexibility index (Phi) is 6.75. The van der Waals surface area contributed by atoms with Crippen LogP contribution < -0.4 is 16.2 Å². The number of nitrogens with two attached hydrogens (primary N) is 1. The Labute approximate surface area is 191 Å². The van der Waals surface area contributed by atoms with Crippen molar-refractivity contribution in [3.63, 3.8) is 0 Å². The van der Waals surface area contributed by atoms with Crippen molar-refractivity contribution in [2.75, 3.05) is 18.9 Å². The van der Waals surface area contributed by atoms with E-state index in [0.29, 0.717) is 5.52 Å². The maximum atomic E-state index is 12.5. The number of sulfonamides is 1. The topological polar surface area (TPSA) is 145 Å². The van der Waals surface area contributed by atoms with Gasteiger partial charge in [-0.25, -0.2) is 18.4 Å². The van der Waals surface area contributed by atoms with Crippen molar-refractivity contribution in [1.82, 2.24) is 9.47 Å². The molecule has 0 spiro atoms. The average molecular weight is 475 g/mol. The number of hydrogen-bond acceptors (Lipinski definition) is 6. The standard InChI is InChI=1S/C22H26N4O6S/c1-13-9-14(2)21(15(3)10-13)24-19(27)12-25(4)20(28)7-8-26-17-6-5-16(33(23,30)31)11-18(17)32-22(26)29/h5-6,9-11H,7-8,12H2,1-4H3,(H,24,27)(H2,23,30,31). The van der Waals surface area contributed by atoms with Crippen LogP contribution in [0.15, 0.2) is 44.4 Å². The average Bonchev–Trinajstić information content (AvgIpc) is 3.02. The number of primary sulfonamides is 1. The summed E-state index contributed by atoms with van der Waals surface area (Å²) < 4.78 is 29.3. The van der Waals surface area contributed by atoms with Gasteiger partial charge in [-0.3, -0.25) is 14.2 Å². The summed E-state index contributed by atoms with van der Waals surface area (Å²) in [4.78, 5) is 38.3. The van der Waals surface area contributed by atoms with E-state index in [0.717, 1.165) is 28.4 Å². The summed E-state index contributed by atoms with van der Waals surface area (Å²) in [7, 11) is -2.44. The molecule has 10 nitrogen and oxygen atoms in total. The van der Waals surface area contributed by atoms with Crippen molar-refractivity contribution >= 4 is 38.6 Å². The Bertz CT molecular complexity index is 1380. The summed E-state index contributed by atoms with van der Waals surface area (Å²) in [6, 6.07) is 7.76. The lowest BCUT2D eigenvalue weighted by Gasteiger charge is -2.18. The molecular formula is C22H26N4O6S. The normalized spacial score (nSPS) is 11.5. The van der Waals surface area contributed by atoms with Crippen LogP contribution in [0.4, 0.5) is 5.69 Å². The second-order valence-electron chi connectivity index (χ2n) is 8.02. The predicted octanol–water partition coefficient (Wildman–Crippen LogP) is 1.65. The number of hydrogen-bond donors (Lipinski definition) is 2. The maximum Gasteiger partial charge on any atom is 0.419 e. The number of likely N-dealkylation sites (N-methyl/N-ethyl adjacent to an activating group) is 1. The van der Waals surface area contributed by atoms with Gasteiger partial charge < -0.3 is 14.6 Å². The number of fused-ring (bicyclic) bond motifs is 1. The van der Waals surface area contributed by atoms with Gasteiger partial charge in [0.25, 0.3) is 0 Å². The second-order valence-corrected chi connectivity index (χ2v) is 9.58. The fraction of sp³-hybridized carbons (Fsp3) is 0.318. The molecule has 0 saturated carbocycles. The van der Waals surface area contributed by atoms with Crippen molar-refractivity contribution in [3.8, 4) is 0 Å². The fourth-order valence-corrected chi connectivity index (χ4v) is 4.22. The molecule has 0 radical (unpaired) electrons. The number of amides is 2. The molecule has 0 aliphatic rings. The highest BCUT2D eigenvalue weighted by Crippen LogP contribution is 2.22. The second kappa shape index (κ2) is 9.20. The van der Waals surface area contributed by atoms with E-state index in [4.69, 9.17) is 9.56 Å². The van der Waals surface area contributed by atoms with Crippen LogP contribution in [0, 0.1) is 20.8 Å². The molecule has 1 aromatic heterocycles. The van der Waals surface area contributed by atoms with Crippen LogP contribution in [-0.4, -0.2) is 43.3 Å². The third-order valence-corrected chi connectivity index (χ3v) is 6.18. The Hall–Kier alpha value is -3.44.